The van der Waals surface area contributed by atoms with Gasteiger partial charge >= 0.3 is 0 Å². The van der Waals surface area contributed by atoms with Crippen LogP contribution in [-0.2, 0) is 0 Å². The zero-order valence-electron chi connectivity index (χ0n) is 13.6. The number of piperazine rings is 1. The molecule has 0 aromatic carbocycles. The van der Waals surface area contributed by atoms with Crippen molar-refractivity contribution in [2.45, 2.75) is 89.8 Å². The van der Waals surface area contributed by atoms with Crippen molar-refractivity contribution in [2.75, 3.05) is 13.1 Å². The van der Waals surface area contributed by atoms with Crippen LogP contribution in [0, 0.1) is 11.8 Å². The van der Waals surface area contributed by atoms with E-state index in [9.17, 15) is 0 Å². The molecular formula is C18H34N2. The zero-order chi connectivity index (χ0) is 13.9. The lowest BCUT2D eigenvalue weighted by molar-refractivity contribution is 0.0339. The third-order valence-electron chi connectivity index (χ3n) is 6.08. The fraction of sp³-hybridized carbons (Fsp3) is 1.00. The molecule has 3 atom stereocenters. The minimum absolute atomic E-state index is 0.787. The second-order valence-electron chi connectivity index (χ2n) is 7.65. The van der Waals surface area contributed by atoms with Gasteiger partial charge in [0.1, 0.15) is 0 Å². The minimum atomic E-state index is 0.787. The zero-order valence-corrected chi connectivity index (χ0v) is 13.6. The second kappa shape index (κ2) is 6.79. The summed E-state index contributed by atoms with van der Waals surface area (Å²) in [5.74, 6) is 1.97. The van der Waals surface area contributed by atoms with Crippen LogP contribution in [0.2, 0.25) is 0 Å². The molecule has 3 rings (SSSR count). The Bertz CT molecular complexity index is 294. The maximum atomic E-state index is 3.91. The summed E-state index contributed by atoms with van der Waals surface area (Å²) in [6, 6.07) is 2.41. The highest BCUT2D eigenvalue weighted by molar-refractivity contribution is 4.98. The third kappa shape index (κ3) is 3.39. The van der Waals surface area contributed by atoms with Crippen LogP contribution in [0.15, 0.2) is 0 Å². The molecule has 2 saturated carbocycles. The first kappa shape index (κ1) is 14.8. The Kier molecular flexibility index (Phi) is 5.04. The smallest absolute Gasteiger partial charge is 0.0252 e. The van der Waals surface area contributed by atoms with Crippen molar-refractivity contribution in [1.29, 1.82) is 0 Å². The predicted molar refractivity (Wildman–Crippen MR) is 86.0 cm³/mol. The molecule has 3 fully saturated rings. The molecule has 0 radical (unpaired) electrons. The summed E-state index contributed by atoms with van der Waals surface area (Å²) in [5, 5.41) is 3.91. The van der Waals surface area contributed by atoms with Gasteiger partial charge in [-0.2, -0.15) is 0 Å². The molecule has 0 amide bonds. The summed E-state index contributed by atoms with van der Waals surface area (Å²) in [6.07, 6.45) is 13.0. The van der Waals surface area contributed by atoms with Crippen LogP contribution in [0.4, 0.5) is 0 Å². The summed E-state index contributed by atoms with van der Waals surface area (Å²) >= 11 is 0. The lowest BCUT2D eigenvalue weighted by atomic mass is 9.81. The predicted octanol–water partition coefficient (Wildman–Crippen LogP) is 3.81. The van der Waals surface area contributed by atoms with E-state index in [1.54, 1.807) is 0 Å². The van der Waals surface area contributed by atoms with Gasteiger partial charge in [0, 0.05) is 31.2 Å². The Morgan fingerprint density at radius 1 is 1.05 bits per heavy atom. The van der Waals surface area contributed by atoms with E-state index in [0.717, 1.165) is 30.0 Å². The van der Waals surface area contributed by atoms with Gasteiger partial charge in [-0.25, -0.2) is 0 Å². The first-order valence-electron chi connectivity index (χ1n) is 9.28. The molecule has 0 aromatic heterocycles. The Morgan fingerprint density at radius 2 is 1.80 bits per heavy atom. The van der Waals surface area contributed by atoms with E-state index >= 15 is 0 Å². The van der Waals surface area contributed by atoms with E-state index in [1.807, 2.05) is 0 Å². The van der Waals surface area contributed by atoms with Crippen molar-refractivity contribution >= 4 is 0 Å². The second-order valence-corrected chi connectivity index (χ2v) is 7.65. The first-order valence-corrected chi connectivity index (χ1v) is 9.28. The monoisotopic (exact) mass is 278 g/mol. The average molecular weight is 278 g/mol. The highest BCUT2D eigenvalue weighted by atomic mass is 15.3. The van der Waals surface area contributed by atoms with E-state index in [0.29, 0.717) is 0 Å². The van der Waals surface area contributed by atoms with Gasteiger partial charge in [-0.15, -0.1) is 0 Å². The first-order chi connectivity index (χ1) is 9.79. The van der Waals surface area contributed by atoms with Crippen LogP contribution in [0.3, 0.4) is 0 Å². The quantitative estimate of drug-likeness (QED) is 0.822. The van der Waals surface area contributed by atoms with Gasteiger partial charge in [0.05, 0.1) is 0 Å². The summed E-state index contributed by atoms with van der Waals surface area (Å²) in [7, 11) is 0. The number of hydrogen-bond donors (Lipinski definition) is 1. The molecule has 1 N–H and O–H groups in total. The Hall–Kier alpha value is -0.0800. The molecule has 1 aliphatic heterocycles. The van der Waals surface area contributed by atoms with E-state index in [4.69, 9.17) is 0 Å². The van der Waals surface area contributed by atoms with Gasteiger partial charge in [0.2, 0.25) is 0 Å². The van der Waals surface area contributed by atoms with Gasteiger partial charge in [0.15, 0.2) is 0 Å². The molecule has 2 heteroatoms. The highest BCUT2D eigenvalue weighted by Crippen LogP contribution is 2.37. The van der Waals surface area contributed by atoms with E-state index < -0.39 is 0 Å². The Labute approximate surface area is 125 Å². The molecule has 2 aliphatic carbocycles. The summed E-state index contributed by atoms with van der Waals surface area (Å²) in [6.45, 7) is 7.41. The number of hydrogen-bond acceptors (Lipinski definition) is 2. The molecule has 116 valence electrons. The van der Waals surface area contributed by atoms with Crippen LogP contribution < -0.4 is 5.32 Å². The normalized spacial score (nSPS) is 35.1. The Morgan fingerprint density at radius 3 is 2.45 bits per heavy atom. The molecule has 20 heavy (non-hydrogen) atoms. The summed E-state index contributed by atoms with van der Waals surface area (Å²) in [4.78, 5) is 2.92. The van der Waals surface area contributed by atoms with Gasteiger partial charge in [0.25, 0.3) is 0 Å². The standard InChI is InChI=1S/C18H34N2/c1-3-7-14(2)20-13-17(15-10-11-15)19-12-18(20)16-8-5-4-6-9-16/h14-19H,3-13H2,1-2H3. The van der Waals surface area contributed by atoms with Gasteiger partial charge < -0.3 is 5.32 Å². The van der Waals surface area contributed by atoms with Crippen molar-refractivity contribution in [3.8, 4) is 0 Å². The van der Waals surface area contributed by atoms with E-state index in [2.05, 4.69) is 24.1 Å². The van der Waals surface area contributed by atoms with E-state index in [1.165, 1.54) is 70.9 Å². The number of rotatable bonds is 5. The largest absolute Gasteiger partial charge is 0.311 e. The number of nitrogens with one attached hydrogen (secondary N) is 1. The summed E-state index contributed by atoms with van der Waals surface area (Å²) < 4.78 is 0. The average Bonchev–Trinajstić information content (AvgIpc) is 3.32. The molecular weight excluding hydrogens is 244 g/mol. The van der Waals surface area contributed by atoms with Crippen LogP contribution in [0.5, 0.6) is 0 Å². The van der Waals surface area contributed by atoms with Crippen molar-refractivity contribution < 1.29 is 0 Å². The maximum absolute atomic E-state index is 3.91. The maximum Gasteiger partial charge on any atom is 0.0252 e. The van der Waals surface area contributed by atoms with Crippen LogP contribution in [-0.4, -0.2) is 36.1 Å². The van der Waals surface area contributed by atoms with Crippen molar-refractivity contribution in [2.24, 2.45) is 11.8 Å². The molecule has 1 heterocycles. The molecule has 3 aliphatic rings. The number of nitrogens with zero attached hydrogens (tertiary/aromatic N) is 1. The highest BCUT2D eigenvalue weighted by Gasteiger charge is 2.40. The third-order valence-corrected chi connectivity index (χ3v) is 6.08. The molecule has 0 spiro atoms. The van der Waals surface area contributed by atoms with Crippen LogP contribution in [0.25, 0.3) is 0 Å². The molecule has 1 saturated heterocycles. The molecule has 2 nitrogen and oxygen atoms in total. The lowest BCUT2D eigenvalue weighted by Gasteiger charge is -2.48. The topological polar surface area (TPSA) is 15.3 Å². The molecule has 0 aromatic rings. The van der Waals surface area contributed by atoms with Crippen molar-refractivity contribution in [1.82, 2.24) is 10.2 Å². The van der Waals surface area contributed by atoms with Crippen molar-refractivity contribution in [3.63, 3.8) is 0 Å². The fourth-order valence-electron chi connectivity index (χ4n) is 4.68. The van der Waals surface area contributed by atoms with Gasteiger partial charge in [-0.1, -0.05) is 32.6 Å². The fourth-order valence-corrected chi connectivity index (χ4v) is 4.68. The molecule has 0 bridgehead atoms. The summed E-state index contributed by atoms with van der Waals surface area (Å²) in [5.41, 5.74) is 0. The van der Waals surface area contributed by atoms with Crippen LogP contribution in [0.1, 0.15) is 71.6 Å². The molecule has 3 unspecified atom stereocenters. The van der Waals surface area contributed by atoms with Gasteiger partial charge in [-0.05, 0) is 50.9 Å². The van der Waals surface area contributed by atoms with Crippen molar-refractivity contribution in [3.05, 3.63) is 0 Å². The van der Waals surface area contributed by atoms with E-state index in [-0.39, 0.29) is 0 Å². The van der Waals surface area contributed by atoms with Gasteiger partial charge in [-0.3, -0.25) is 4.90 Å². The SMILES string of the molecule is CCCC(C)N1CC(C2CC2)NCC1C1CCCCC1. The minimum Gasteiger partial charge on any atom is -0.311 e. The van der Waals surface area contributed by atoms with Crippen LogP contribution >= 0.6 is 0 Å². The lowest BCUT2D eigenvalue weighted by Crippen LogP contribution is -2.61. The Balaban J connectivity index is 1.65.